The first-order valence-corrected chi connectivity index (χ1v) is 14.0. The van der Waals surface area contributed by atoms with E-state index in [0.29, 0.717) is 18.8 Å². The van der Waals surface area contributed by atoms with Gasteiger partial charge in [0.15, 0.2) is 12.3 Å². The van der Waals surface area contributed by atoms with Crippen LogP contribution in [0.25, 0.3) is 0 Å². The van der Waals surface area contributed by atoms with Crippen molar-refractivity contribution in [1.29, 1.82) is 0 Å². The van der Waals surface area contributed by atoms with Crippen molar-refractivity contribution in [3.8, 4) is 0 Å². The molecule has 6 rings (SSSR count). The highest BCUT2D eigenvalue weighted by atomic mass is 16.5. The summed E-state index contributed by atoms with van der Waals surface area (Å²) >= 11 is 0. The number of carbonyl (C=O) groups is 3. The predicted octanol–water partition coefficient (Wildman–Crippen LogP) is 4.48. The largest absolute Gasteiger partial charge is 0.469 e. The van der Waals surface area contributed by atoms with E-state index in [1.54, 1.807) is 0 Å². The number of methoxy groups -OCH3 is 1. The third-order valence-electron chi connectivity index (χ3n) is 11.7. The summed E-state index contributed by atoms with van der Waals surface area (Å²) in [7, 11) is 1.44. The molecule has 0 radical (unpaired) electrons. The van der Waals surface area contributed by atoms with E-state index in [4.69, 9.17) is 9.47 Å². The van der Waals surface area contributed by atoms with Crippen LogP contribution in [-0.4, -0.2) is 53.3 Å². The van der Waals surface area contributed by atoms with Crippen molar-refractivity contribution in [2.75, 3.05) is 13.7 Å². The number of ketones is 2. The van der Waals surface area contributed by atoms with Gasteiger partial charge in [-0.1, -0.05) is 32.4 Å². The van der Waals surface area contributed by atoms with E-state index < -0.39 is 10.8 Å². The fourth-order valence-electron chi connectivity index (χ4n) is 10.1. The molecular weight excluding hydrogens is 454 g/mol. The number of allylic oxidation sites excluding steroid dienone is 2. The van der Waals surface area contributed by atoms with Crippen LogP contribution in [0.1, 0.15) is 86.0 Å². The average Bonchev–Trinajstić information content (AvgIpc) is 3.06. The van der Waals surface area contributed by atoms with Gasteiger partial charge >= 0.3 is 5.97 Å². The molecule has 3 aliphatic heterocycles. The highest BCUT2D eigenvalue weighted by Crippen LogP contribution is 2.69. The number of rotatable bonds is 2. The van der Waals surface area contributed by atoms with E-state index >= 15 is 0 Å². The van der Waals surface area contributed by atoms with E-state index in [-0.39, 0.29) is 59.0 Å². The molecule has 3 heterocycles. The van der Waals surface area contributed by atoms with Gasteiger partial charge in [0.1, 0.15) is 17.7 Å². The van der Waals surface area contributed by atoms with Crippen LogP contribution < -0.4 is 0 Å². The van der Waals surface area contributed by atoms with Gasteiger partial charge in [-0.2, -0.15) is 0 Å². The molecule has 6 heteroatoms. The van der Waals surface area contributed by atoms with Gasteiger partial charge in [0.25, 0.3) is 5.72 Å². The lowest BCUT2D eigenvalue weighted by molar-refractivity contribution is -0.635. The summed E-state index contributed by atoms with van der Waals surface area (Å²) in [6.45, 7) is 12.0. The van der Waals surface area contributed by atoms with Crippen LogP contribution in [0.5, 0.6) is 0 Å². The lowest BCUT2D eigenvalue weighted by atomic mass is 9.37. The maximum absolute atomic E-state index is 14.1. The number of Topliss-reactive ketones (excluding diaryl/α,β-unsaturated/α-hetero) is 2. The maximum Gasteiger partial charge on any atom is 0.306 e. The number of hydrogen-bond acceptors (Lipinski definition) is 5. The number of fused-ring (bicyclic) bond motifs is 5. The zero-order valence-corrected chi connectivity index (χ0v) is 22.8. The lowest BCUT2D eigenvalue weighted by Crippen LogP contribution is -2.70. The van der Waals surface area contributed by atoms with E-state index in [1.165, 1.54) is 12.8 Å². The minimum atomic E-state index is -0.601. The third-order valence-corrected chi connectivity index (χ3v) is 11.7. The summed E-state index contributed by atoms with van der Waals surface area (Å²) in [4.78, 5) is 40.3. The van der Waals surface area contributed by atoms with Crippen LogP contribution >= 0.6 is 0 Å². The molecule has 0 unspecified atom stereocenters. The smallest absolute Gasteiger partial charge is 0.306 e. The molecule has 6 aliphatic rings. The van der Waals surface area contributed by atoms with E-state index in [0.717, 1.165) is 44.2 Å². The van der Waals surface area contributed by atoms with Crippen molar-refractivity contribution in [2.24, 2.45) is 39.9 Å². The Kier molecular flexibility index (Phi) is 5.18. The number of esters is 1. The molecule has 0 N–H and O–H groups in total. The summed E-state index contributed by atoms with van der Waals surface area (Å²) in [5, 5.41) is 0. The molecule has 2 saturated heterocycles. The van der Waals surface area contributed by atoms with Gasteiger partial charge in [-0.15, -0.1) is 0 Å². The second-order valence-electron chi connectivity index (χ2n) is 13.9. The van der Waals surface area contributed by atoms with Crippen LogP contribution in [0.2, 0.25) is 0 Å². The Morgan fingerprint density at radius 2 is 1.94 bits per heavy atom. The van der Waals surface area contributed by atoms with Gasteiger partial charge < -0.3 is 9.47 Å². The summed E-state index contributed by atoms with van der Waals surface area (Å²) in [5.74, 6) is 0.192. The molecule has 9 atom stereocenters. The van der Waals surface area contributed by atoms with Crippen LogP contribution in [-0.2, 0) is 23.9 Å². The van der Waals surface area contributed by atoms with E-state index in [1.807, 2.05) is 6.92 Å². The SMILES string of the molecule is COC(=O)C[C@@]1(C)[C@H]2C(=O)C[C@@H]3C(=O)CC(C)=C[C@H]3[C@]2(C)CC2=[N+]3C[C@H]4C[C@H](C)C[C@]3(CC[C@]21C)O4. The molecule has 2 saturated carbocycles. The van der Waals surface area contributed by atoms with Crippen molar-refractivity contribution in [2.45, 2.75) is 97.8 Å². The maximum atomic E-state index is 14.1. The first-order chi connectivity index (χ1) is 16.9. The first-order valence-electron chi connectivity index (χ1n) is 14.0. The Morgan fingerprint density at radius 3 is 2.67 bits per heavy atom. The van der Waals surface area contributed by atoms with Gasteiger partial charge in [0, 0.05) is 49.4 Å². The van der Waals surface area contributed by atoms with Crippen molar-refractivity contribution < 1.29 is 28.4 Å². The summed E-state index contributed by atoms with van der Waals surface area (Å²) < 4.78 is 14.6. The molecule has 3 aliphatic carbocycles. The van der Waals surface area contributed by atoms with Crippen molar-refractivity contribution >= 4 is 23.2 Å². The zero-order valence-electron chi connectivity index (χ0n) is 22.8. The van der Waals surface area contributed by atoms with Gasteiger partial charge in [-0.3, -0.25) is 14.4 Å². The Hall–Kier alpha value is -1.82. The Labute approximate surface area is 214 Å². The molecule has 2 bridgehead atoms. The minimum Gasteiger partial charge on any atom is -0.469 e. The standard InChI is InChI=1S/C30H42NO5/c1-17-10-21-20(22(32)11-17)12-23(33)26-27(21,3)14-24-28(4,29(26,5)15-25(34)35-6)7-8-30-13-18(2)9-19(36-30)16-31(24)30/h10,18-21,26H,7-9,11-16H2,1-6H3/q+1/t18-,19+,20-,21+,26-,27-,28+,29-,30-/m0/s1. The van der Waals surface area contributed by atoms with Crippen molar-refractivity contribution in [3.63, 3.8) is 0 Å². The first kappa shape index (κ1) is 24.5. The van der Waals surface area contributed by atoms with E-state index in [2.05, 4.69) is 38.3 Å². The predicted molar refractivity (Wildman–Crippen MR) is 134 cm³/mol. The molecule has 1 spiro atoms. The fourth-order valence-corrected chi connectivity index (χ4v) is 10.1. The minimum absolute atomic E-state index is 0.00942. The topological polar surface area (TPSA) is 72.7 Å². The van der Waals surface area contributed by atoms with Gasteiger partial charge in [0.05, 0.1) is 18.9 Å². The average molecular weight is 497 g/mol. The number of nitrogens with zero attached hydrogens (tertiary/aromatic N) is 1. The molecular formula is C30H42NO5+. The summed E-state index contributed by atoms with van der Waals surface area (Å²) in [5.41, 5.74) is 0.845. The second kappa shape index (κ2) is 7.61. The molecule has 0 aromatic carbocycles. The molecule has 0 aromatic heterocycles. The fraction of sp³-hybridized carbons (Fsp3) is 0.800. The van der Waals surface area contributed by atoms with Crippen LogP contribution in [0, 0.1) is 39.9 Å². The summed E-state index contributed by atoms with van der Waals surface area (Å²) in [6, 6.07) is 0. The van der Waals surface area contributed by atoms with Crippen molar-refractivity contribution in [3.05, 3.63) is 11.6 Å². The normalized spacial score (nSPS) is 49.5. The third kappa shape index (κ3) is 3.00. The molecule has 36 heavy (non-hydrogen) atoms. The Bertz CT molecular complexity index is 1120. The molecule has 0 aromatic rings. The lowest BCUT2D eigenvalue weighted by Gasteiger charge is -2.64. The number of ether oxygens (including phenoxy) is 2. The molecule has 0 amide bonds. The second-order valence-corrected chi connectivity index (χ2v) is 13.9. The van der Waals surface area contributed by atoms with Gasteiger partial charge in [-0.25, -0.2) is 4.58 Å². The molecule has 6 nitrogen and oxygen atoms in total. The number of carbonyl (C=O) groups excluding carboxylic acids is 3. The highest BCUT2D eigenvalue weighted by Gasteiger charge is 2.74. The zero-order chi connectivity index (χ0) is 25.8. The van der Waals surface area contributed by atoms with Crippen LogP contribution in [0.3, 0.4) is 0 Å². The quantitative estimate of drug-likeness (QED) is 0.320. The number of hydrogen-bond donors (Lipinski definition) is 0. The monoisotopic (exact) mass is 496 g/mol. The van der Waals surface area contributed by atoms with E-state index in [9.17, 15) is 14.4 Å². The Balaban J connectivity index is 1.59. The summed E-state index contributed by atoms with van der Waals surface area (Å²) in [6.07, 6.45) is 8.20. The Morgan fingerprint density at radius 1 is 1.19 bits per heavy atom. The van der Waals surface area contributed by atoms with Gasteiger partial charge in [0.2, 0.25) is 0 Å². The molecule has 196 valence electrons. The van der Waals surface area contributed by atoms with Crippen molar-refractivity contribution in [1.82, 2.24) is 0 Å². The van der Waals surface area contributed by atoms with Gasteiger partial charge in [-0.05, 0) is 43.9 Å². The van der Waals surface area contributed by atoms with Crippen LogP contribution in [0.4, 0.5) is 0 Å². The van der Waals surface area contributed by atoms with Crippen LogP contribution in [0.15, 0.2) is 11.6 Å². The molecule has 4 fully saturated rings. The highest BCUT2D eigenvalue weighted by molar-refractivity contribution is 5.98.